The van der Waals surface area contributed by atoms with E-state index in [0.29, 0.717) is 12.8 Å². The summed E-state index contributed by atoms with van der Waals surface area (Å²) in [5.74, 6) is 0.219. The van der Waals surface area contributed by atoms with Gasteiger partial charge in [-0.25, -0.2) is 0 Å². The van der Waals surface area contributed by atoms with E-state index in [-0.39, 0.29) is 24.4 Å². The molecule has 0 radical (unpaired) electrons. The lowest BCUT2D eigenvalue weighted by molar-refractivity contribution is -0.197. The molecular formula is C10H18O5. The number of rotatable bonds is 2. The third-order valence-corrected chi connectivity index (χ3v) is 3.45. The van der Waals surface area contributed by atoms with Crippen molar-refractivity contribution in [1.29, 1.82) is 0 Å². The van der Waals surface area contributed by atoms with Crippen molar-refractivity contribution in [1.82, 2.24) is 0 Å². The molecule has 5 nitrogen and oxygen atoms in total. The van der Waals surface area contributed by atoms with Crippen LogP contribution in [-0.2, 0) is 14.2 Å². The van der Waals surface area contributed by atoms with Crippen LogP contribution in [0.4, 0.5) is 0 Å². The zero-order chi connectivity index (χ0) is 11.0. The van der Waals surface area contributed by atoms with Crippen LogP contribution in [0.1, 0.15) is 12.8 Å². The van der Waals surface area contributed by atoms with E-state index < -0.39 is 12.2 Å². The monoisotopic (exact) mass is 218 g/mol. The molecule has 2 aliphatic rings. The van der Waals surface area contributed by atoms with Gasteiger partial charge in [0.1, 0.15) is 0 Å². The van der Waals surface area contributed by atoms with Gasteiger partial charge in [-0.05, 0) is 12.8 Å². The first-order valence-corrected chi connectivity index (χ1v) is 5.24. The Morgan fingerprint density at radius 1 is 0.933 bits per heavy atom. The highest BCUT2D eigenvalue weighted by Crippen LogP contribution is 2.43. The number of hydrogen-bond donors (Lipinski definition) is 2. The maximum Gasteiger partial charge on any atom is 0.163 e. The molecule has 1 heterocycles. The standard InChI is InChI=1S/C10H18O5/c1-13-9-5-3-7(11)8(12)4-6(5)10(14-2)15-9/h5-12H,3-4H2,1-2H3/t5-,6+,7-,8+,9-,10+. The molecule has 88 valence electrons. The molecule has 1 saturated carbocycles. The van der Waals surface area contributed by atoms with Gasteiger partial charge in [-0.15, -0.1) is 0 Å². The summed E-state index contributed by atoms with van der Waals surface area (Å²) in [5.41, 5.74) is 0. The molecule has 2 rings (SSSR count). The van der Waals surface area contributed by atoms with Crippen molar-refractivity contribution in [3.05, 3.63) is 0 Å². The molecule has 6 atom stereocenters. The normalized spacial score (nSPS) is 50.4. The van der Waals surface area contributed by atoms with Crippen LogP contribution in [0, 0.1) is 11.8 Å². The van der Waals surface area contributed by atoms with E-state index in [0.717, 1.165) is 0 Å². The Hall–Kier alpha value is -0.200. The highest BCUT2D eigenvalue weighted by Gasteiger charge is 2.50. The molecule has 15 heavy (non-hydrogen) atoms. The van der Waals surface area contributed by atoms with Crippen molar-refractivity contribution in [3.63, 3.8) is 0 Å². The highest BCUT2D eigenvalue weighted by atomic mass is 16.8. The van der Waals surface area contributed by atoms with E-state index in [1.165, 1.54) is 0 Å². The van der Waals surface area contributed by atoms with Crippen molar-refractivity contribution in [2.75, 3.05) is 14.2 Å². The molecule has 0 spiro atoms. The number of fused-ring (bicyclic) bond motifs is 1. The van der Waals surface area contributed by atoms with Crippen molar-refractivity contribution < 1.29 is 24.4 Å². The first kappa shape index (κ1) is 11.3. The van der Waals surface area contributed by atoms with E-state index in [1.807, 2.05) is 0 Å². The minimum absolute atomic E-state index is 0.110. The van der Waals surface area contributed by atoms with Crippen molar-refractivity contribution in [2.24, 2.45) is 11.8 Å². The van der Waals surface area contributed by atoms with Crippen LogP contribution in [-0.4, -0.2) is 49.2 Å². The van der Waals surface area contributed by atoms with Crippen molar-refractivity contribution in [3.8, 4) is 0 Å². The SMILES string of the molecule is CO[C@H]1O[C@@H](OC)[C@@H]2C[C@@H](O)[C@@H](O)C[C@H]12. The lowest BCUT2D eigenvalue weighted by Crippen LogP contribution is -2.42. The maximum absolute atomic E-state index is 9.60. The second-order valence-electron chi connectivity index (χ2n) is 4.28. The van der Waals surface area contributed by atoms with E-state index >= 15 is 0 Å². The lowest BCUT2D eigenvalue weighted by atomic mass is 9.77. The molecule has 0 bridgehead atoms. The zero-order valence-corrected chi connectivity index (χ0v) is 9.00. The third-order valence-electron chi connectivity index (χ3n) is 3.45. The smallest absolute Gasteiger partial charge is 0.163 e. The average molecular weight is 218 g/mol. The predicted octanol–water partition coefficient (Wildman–Crippen LogP) is -0.290. The Bertz CT molecular complexity index is 200. The summed E-state index contributed by atoms with van der Waals surface area (Å²) in [6.07, 6.45) is -1.01. The molecule has 1 aliphatic carbocycles. The number of aliphatic hydroxyl groups excluding tert-OH is 2. The summed E-state index contributed by atoms with van der Waals surface area (Å²) in [6.45, 7) is 0. The average Bonchev–Trinajstić information content (AvgIpc) is 2.56. The van der Waals surface area contributed by atoms with Crippen LogP contribution in [0.3, 0.4) is 0 Å². The molecule has 0 aromatic carbocycles. The van der Waals surface area contributed by atoms with Gasteiger partial charge in [0.05, 0.1) is 12.2 Å². The van der Waals surface area contributed by atoms with Gasteiger partial charge in [-0.2, -0.15) is 0 Å². The van der Waals surface area contributed by atoms with Crippen molar-refractivity contribution >= 4 is 0 Å². The van der Waals surface area contributed by atoms with Gasteiger partial charge in [-0.3, -0.25) is 0 Å². The summed E-state index contributed by atoms with van der Waals surface area (Å²) >= 11 is 0. The summed E-state index contributed by atoms with van der Waals surface area (Å²) in [5, 5.41) is 19.2. The maximum atomic E-state index is 9.60. The van der Waals surface area contributed by atoms with Crippen LogP contribution in [0.15, 0.2) is 0 Å². The Balaban J connectivity index is 2.10. The first-order chi connectivity index (χ1) is 7.17. The Labute approximate surface area is 88.9 Å². The van der Waals surface area contributed by atoms with Gasteiger partial charge < -0.3 is 24.4 Å². The molecule has 0 aromatic heterocycles. The number of hydrogen-bond acceptors (Lipinski definition) is 5. The second-order valence-corrected chi connectivity index (χ2v) is 4.28. The van der Waals surface area contributed by atoms with Crippen LogP contribution in [0.2, 0.25) is 0 Å². The molecule has 2 N–H and O–H groups in total. The number of aliphatic hydroxyl groups is 2. The van der Waals surface area contributed by atoms with E-state index in [4.69, 9.17) is 14.2 Å². The van der Waals surface area contributed by atoms with E-state index in [1.54, 1.807) is 14.2 Å². The minimum atomic E-state index is -0.678. The largest absolute Gasteiger partial charge is 0.390 e. The van der Waals surface area contributed by atoms with E-state index in [2.05, 4.69) is 0 Å². The minimum Gasteiger partial charge on any atom is -0.390 e. The molecule has 0 amide bonds. The third kappa shape index (κ3) is 1.90. The van der Waals surface area contributed by atoms with Gasteiger partial charge in [0, 0.05) is 26.1 Å². The second kappa shape index (κ2) is 4.35. The molecule has 2 fully saturated rings. The Morgan fingerprint density at radius 2 is 1.33 bits per heavy atom. The number of ether oxygens (including phenoxy) is 3. The Kier molecular flexibility index (Phi) is 3.27. The Morgan fingerprint density at radius 3 is 1.67 bits per heavy atom. The van der Waals surface area contributed by atoms with Gasteiger partial charge >= 0.3 is 0 Å². The summed E-state index contributed by atoms with van der Waals surface area (Å²) in [6, 6.07) is 0. The zero-order valence-electron chi connectivity index (χ0n) is 9.00. The molecular weight excluding hydrogens is 200 g/mol. The van der Waals surface area contributed by atoms with Crippen LogP contribution in [0.5, 0.6) is 0 Å². The fraction of sp³-hybridized carbons (Fsp3) is 1.00. The fourth-order valence-corrected chi connectivity index (χ4v) is 2.64. The molecule has 1 aliphatic heterocycles. The predicted molar refractivity (Wildman–Crippen MR) is 50.9 cm³/mol. The van der Waals surface area contributed by atoms with Gasteiger partial charge in [-0.1, -0.05) is 0 Å². The highest BCUT2D eigenvalue weighted by molar-refractivity contribution is 4.92. The van der Waals surface area contributed by atoms with Crippen LogP contribution < -0.4 is 0 Å². The van der Waals surface area contributed by atoms with Crippen LogP contribution >= 0.6 is 0 Å². The summed E-state index contributed by atoms with van der Waals surface area (Å²) in [4.78, 5) is 0. The number of methoxy groups -OCH3 is 2. The van der Waals surface area contributed by atoms with Gasteiger partial charge in [0.25, 0.3) is 0 Å². The summed E-state index contributed by atoms with van der Waals surface area (Å²) < 4.78 is 15.9. The first-order valence-electron chi connectivity index (χ1n) is 5.24. The quantitative estimate of drug-likeness (QED) is 0.666. The molecule has 1 saturated heterocycles. The summed E-state index contributed by atoms with van der Waals surface area (Å²) in [7, 11) is 3.16. The molecule has 5 heteroatoms. The van der Waals surface area contributed by atoms with Gasteiger partial charge in [0.15, 0.2) is 12.6 Å². The molecule has 0 unspecified atom stereocenters. The van der Waals surface area contributed by atoms with E-state index in [9.17, 15) is 10.2 Å². The topological polar surface area (TPSA) is 68.2 Å². The fourth-order valence-electron chi connectivity index (χ4n) is 2.64. The lowest BCUT2D eigenvalue weighted by Gasteiger charge is -2.34. The van der Waals surface area contributed by atoms with Gasteiger partial charge in [0.2, 0.25) is 0 Å². The molecule has 0 aromatic rings. The van der Waals surface area contributed by atoms with Crippen molar-refractivity contribution in [2.45, 2.75) is 37.6 Å². The van der Waals surface area contributed by atoms with Crippen LogP contribution in [0.25, 0.3) is 0 Å².